The molecular weight excluding hydrogens is 329 g/mol. The molecule has 19 heavy (non-hydrogen) atoms. The summed E-state index contributed by atoms with van der Waals surface area (Å²) < 4.78 is 45.8. The van der Waals surface area contributed by atoms with Crippen LogP contribution >= 0.6 is 15.9 Å². The van der Waals surface area contributed by atoms with E-state index in [1.807, 2.05) is 0 Å². The Hall–Kier alpha value is -1.24. The first kappa shape index (κ1) is 15.8. The monoisotopic (exact) mass is 340 g/mol. The van der Waals surface area contributed by atoms with Crippen LogP contribution in [0.3, 0.4) is 0 Å². The van der Waals surface area contributed by atoms with Crippen LogP contribution in [0.25, 0.3) is 0 Å². The van der Waals surface area contributed by atoms with E-state index in [0.717, 1.165) is 0 Å². The highest BCUT2D eigenvalue weighted by atomic mass is 79.9. The number of rotatable bonds is 5. The van der Waals surface area contributed by atoms with Crippen LogP contribution < -0.4 is 4.74 Å². The number of alkyl halides is 3. The molecule has 0 N–H and O–H groups in total. The number of benzene rings is 1. The maximum Gasteiger partial charge on any atom is 0.573 e. The number of carbonyl (C=O) groups excluding carboxylic acids is 1. The van der Waals surface area contributed by atoms with Crippen molar-refractivity contribution in [3.63, 3.8) is 0 Å². The third-order valence-electron chi connectivity index (χ3n) is 2.19. The molecule has 7 heteroatoms. The Morgan fingerprint density at radius 2 is 2.05 bits per heavy atom. The van der Waals surface area contributed by atoms with Crippen molar-refractivity contribution in [2.24, 2.45) is 0 Å². The molecule has 0 aliphatic heterocycles. The highest BCUT2D eigenvalue weighted by Gasteiger charge is 2.32. The lowest BCUT2D eigenvalue weighted by molar-refractivity contribution is -0.274. The van der Waals surface area contributed by atoms with Crippen molar-refractivity contribution in [1.82, 2.24) is 0 Å². The van der Waals surface area contributed by atoms with Gasteiger partial charge in [0.25, 0.3) is 0 Å². The predicted octanol–water partition coefficient (Wildman–Crippen LogP) is 3.84. The highest BCUT2D eigenvalue weighted by Crippen LogP contribution is 2.32. The second-order valence-corrected chi connectivity index (χ2v) is 4.42. The van der Waals surface area contributed by atoms with Crippen LogP contribution in [0.15, 0.2) is 22.7 Å². The summed E-state index contributed by atoms with van der Waals surface area (Å²) in [6.07, 6.45) is -4.67. The van der Waals surface area contributed by atoms with E-state index < -0.39 is 12.3 Å². The molecule has 1 aromatic carbocycles. The van der Waals surface area contributed by atoms with Crippen molar-refractivity contribution >= 4 is 21.9 Å². The van der Waals surface area contributed by atoms with E-state index in [-0.39, 0.29) is 30.8 Å². The van der Waals surface area contributed by atoms with E-state index >= 15 is 0 Å². The van der Waals surface area contributed by atoms with Crippen molar-refractivity contribution in [2.45, 2.75) is 26.1 Å². The first-order valence-corrected chi connectivity index (χ1v) is 6.31. The van der Waals surface area contributed by atoms with Crippen LogP contribution in [0.2, 0.25) is 0 Å². The maximum atomic E-state index is 12.2. The van der Waals surface area contributed by atoms with E-state index in [9.17, 15) is 18.0 Å². The summed E-state index contributed by atoms with van der Waals surface area (Å²) in [7, 11) is 0. The van der Waals surface area contributed by atoms with Crippen molar-refractivity contribution in [1.29, 1.82) is 0 Å². The average molecular weight is 341 g/mol. The Morgan fingerprint density at radius 3 is 2.63 bits per heavy atom. The molecule has 1 rings (SSSR count). The zero-order valence-corrected chi connectivity index (χ0v) is 11.7. The molecule has 0 spiro atoms. The Labute approximate surface area is 116 Å². The average Bonchev–Trinajstić information content (AvgIpc) is 2.26. The predicted molar refractivity (Wildman–Crippen MR) is 65.8 cm³/mol. The van der Waals surface area contributed by atoms with Crippen LogP contribution in [0.1, 0.15) is 18.9 Å². The molecule has 0 aromatic heterocycles. The van der Waals surface area contributed by atoms with Crippen molar-refractivity contribution in [2.75, 3.05) is 6.61 Å². The summed E-state index contributed by atoms with van der Waals surface area (Å²) in [5.74, 6) is -0.776. The zero-order chi connectivity index (χ0) is 14.5. The summed E-state index contributed by atoms with van der Waals surface area (Å²) in [4.78, 5) is 11.2. The fourth-order valence-electron chi connectivity index (χ4n) is 1.46. The maximum absolute atomic E-state index is 12.2. The standard InChI is InChI=1S/C12H12BrF3O3/c1-2-18-11(17)7-6-8-9(13)4-3-5-10(8)19-12(14,15)16/h3-5H,2,6-7H2,1H3. The minimum absolute atomic E-state index is 0.00926. The summed E-state index contributed by atoms with van der Waals surface area (Å²) in [5.41, 5.74) is 0.285. The molecule has 1 aromatic rings. The van der Waals surface area contributed by atoms with Crippen LogP contribution in [-0.2, 0) is 16.0 Å². The molecule has 0 atom stereocenters. The van der Waals surface area contributed by atoms with E-state index in [4.69, 9.17) is 4.74 Å². The molecule has 0 amide bonds. The largest absolute Gasteiger partial charge is 0.573 e. The van der Waals surface area contributed by atoms with Gasteiger partial charge in [0.2, 0.25) is 0 Å². The highest BCUT2D eigenvalue weighted by molar-refractivity contribution is 9.10. The molecule has 0 heterocycles. The molecule has 0 saturated heterocycles. The normalized spacial score (nSPS) is 11.2. The van der Waals surface area contributed by atoms with Gasteiger partial charge in [-0.25, -0.2) is 0 Å². The summed E-state index contributed by atoms with van der Waals surface area (Å²) in [5, 5.41) is 0. The fourth-order valence-corrected chi connectivity index (χ4v) is 2.01. The number of ether oxygens (including phenoxy) is 2. The Morgan fingerprint density at radius 1 is 1.37 bits per heavy atom. The Kier molecular flexibility index (Phi) is 5.65. The Bertz CT molecular complexity index is 446. The number of hydrogen-bond donors (Lipinski definition) is 0. The van der Waals surface area contributed by atoms with Gasteiger partial charge in [0, 0.05) is 16.5 Å². The molecule has 0 unspecified atom stereocenters. The van der Waals surface area contributed by atoms with Gasteiger partial charge in [-0.2, -0.15) is 0 Å². The molecule has 106 valence electrons. The SMILES string of the molecule is CCOC(=O)CCc1c(Br)cccc1OC(F)(F)F. The van der Waals surface area contributed by atoms with Gasteiger partial charge in [0.05, 0.1) is 6.61 Å². The number of carbonyl (C=O) groups is 1. The molecule has 3 nitrogen and oxygen atoms in total. The lowest BCUT2D eigenvalue weighted by Gasteiger charge is -2.14. The van der Waals surface area contributed by atoms with Gasteiger partial charge in [0.15, 0.2) is 0 Å². The van der Waals surface area contributed by atoms with Crippen LogP contribution in [-0.4, -0.2) is 18.9 Å². The molecule has 0 bridgehead atoms. The van der Waals surface area contributed by atoms with Gasteiger partial charge in [-0.15, -0.1) is 13.2 Å². The second kappa shape index (κ2) is 6.79. The van der Waals surface area contributed by atoms with Crippen molar-refractivity contribution in [3.8, 4) is 5.75 Å². The van der Waals surface area contributed by atoms with E-state index in [1.165, 1.54) is 12.1 Å². The Balaban J connectivity index is 2.83. The first-order chi connectivity index (χ1) is 8.83. The van der Waals surface area contributed by atoms with E-state index in [0.29, 0.717) is 4.47 Å². The molecule has 0 radical (unpaired) electrons. The van der Waals surface area contributed by atoms with E-state index in [1.54, 1.807) is 13.0 Å². The van der Waals surface area contributed by atoms with Gasteiger partial charge < -0.3 is 9.47 Å². The summed E-state index contributed by atoms with van der Waals surface area (Å²) in [6.45, 7) is 1.90. The quantitative estimate of drug-likeness (QED) is 0.764. The summed E-state index contributed by atoms with van der Waals surface area (Å²) in [6, 6.07) is 4.22. The molecule has 0 fully saturated rings. The van der Waals surface area contributed by atoms with Gasteiger partial charge in [-0.1, -0.05) is 22.0 Å². The van der Waals surface area contributed by atoms with Crippen molar-refractivity contribution in [3.05, 3.63) is 28.2 Å². The van der Waals surface area contributed by atoms with Gasteiger partial charge >= 0.3 is 12.3 Å². The second-order valence-electron chi connectivity index (χ2n) is 3.57. The van der Waals surface area contributed by atoms with Crippen LogP contribution in [0.4, 0.5) is 13.2 Å². The van der Waals surface area contributed by atoms with Gasteiger partial charge in [-0.3, -0.25) is 4.79 Å². The summed E-state index contributed by atoms with van der Waals surface area (Å²) >= 11 is 3.14. The van der Waals surface area contributed by atoms with Gasteiger partial charge in [0.1, 0.15) is 5.75 Å². The number of hydrogen-bond acceptors (Lipinski definition) is 3. The lowest BCUT2D eigenvalue weighted by Crippen LogP contribution is -2.18. The third kappa shape index (κ3) is 5.50. The van der Waals surface area contributed by atoms with Gasteiger partial charge in [-0.05, 0) is 25.5 Å². The molecule has 0 aliphatic rings. The molecule has 0 aliphatic carbocycles. The fraction of sp³-hybridized carbons (Fsp3) is 0.417. The van der Waals surface area contributed by atoms with Crippen LogP contribution in [0.5, 0.6) is 5.75 Å². The third-order valence-corrected chi connectivity index (χ3v) is 2.93. The minimum Gasteiger partial charge on any atom is -0.466 e. The number of halogens is 4. The topological polar surface area (TPSA) is 35.5 Å². The lowest BCUT2D eigenvalue weighted by atomic mass is 10.1. The van der Waals surface area contributed by atoms with Crippen LogP contribution in [0, 0.1) is 0 Å². The van der Waals surface area contributed by atoms with E-state index in [2.05, 4.69) is 20.7 Å². The smallest absolute Gasteiger partial charge is 0.466 e. The molecular formula is C12H12BrF3O3. The minimum atomic E-state index is -4.76. The zero-order valence-electron chi connectivity index (χ0n) is 10.1. The first-order valence-electron chi connectivity index (χ1n) is 5.52. The van der Waals surface area contributed by atoms with Crippen molar-refractivity contribution < 1.29 is 27.4 Å². The molecule has 0 saturated carbocycles. The number of esters is 1.